The first-order valence-electron chi connectivity index (χ1n) is 4.11. The molecule has 0 fully saturated rings. The summed E-state index contributed by atoms with van der Waals surface area (Å²) in [5.41, 5.74) is 0. The van der Waals surface area contributed by atoms with Gasteiger partial charge in [-0.15, -0.1) is 0 Å². The summed E-state index contributed by atoms with van der Waals surface area (Å²) in [6, 6.07) is 8.10. The van der Waals surface area contributed by atoms with Crippen LogP contribution in [-0.4, -0.2) is 71.0 Å². The minimum Gasteiger partial charge on any atom is -1.00 e. The van der Waals surface area contributed by atoms with Gasteiger partial charge in [0.05, 0.1) is 6.42 Å². The van der Waals surface area contributed by atoms with Gasteiger partial charge in [-0.25, -0.2) is 0 Å². The summed E-state index contributed by atoms with van der Waals surface area (Å²) in [7, 11) is -3.48. The predicted octanol–water partition coefficient (Wildman–Crippen LogP) is 0.901. The normalized spacial score (nSPS) is 13.7. The minimum atomic E-state index is -3.48. The third kappa shape index (κ3) is 5.36. The van der Waals surface area contributed by atoms with Gasteiger partial charge in [-0.2, -0.15) is 0 Å². The van der Waals surface area contributed by atoms with E-state index < -0.39 is 13.3 Å². The number of hydrogen-bond acceptors (Lipinski definition) is 2. The summed E-state index contributed by atoms with van der Waals surface area (Å²) in [5, 5.41) is 8.70. The van der Waals surface area contributed by atoms with Gasteiger partial charge in [0.15, 0.2) is 0 Å². The van der Waals surface area contributed by atoms with Gasteiger partial charge in [-0.05, 0) is 12.1 Å². The molecule has 0 saturated heterocycles. The number of benzene rings is 1. The Bertz CT molecular complexity index is 375. The van der Waals surface area contributed by atoms with Gasteiger partial charge in [0.1, 0.15) is 0 Å². The third-order valence-electron chi connectivity index (χ3n) is 1.79. The molecule has 0 radical (unpaired) electrons. The Balaban J connectivity index is -0.000000653. The predicted molar refractivity (Wildman–Crippen MR) is 61.0 cm³/mol. The third-order valence-corrected chi connectivity index (χ3v) is 3.72. The van der Waals surface area contributed by atoms with E-state index in [1.807, 2.05) is 0 Å². The Hall–Kier alpha value is 0.451. The van der Waals surface area contributed by atoms with E-state index in [-0.39, 0.29) is 64.3 Å². The van der Waals surface area contributed by atoms with Gasteiger partial charge in [-0.3, -0.25) is 9.36 Å². The zero-order valence-electron chi connectivity index (χ0n) is 10.2. The molecule has 1 aromatic rings. The Morgan fingerprint density at radius 3 is 2.33 bits per heavy atom. The van der Waals surface area contributed by atoms with E-state index in [0.29, 0.717) is 5.30 Å². The van der Waals surface area contributed by atoms with Crippen LogP contribution in [0.15, 0.2) is 30.3 Å². The van der Waals surface area contributed by atoms with Gasteiger partial charge in [0.25, 0.3) is 0 Å². The van der Waals surface area contributed by atoms with Gasteiger partial charge in [-0.1, -0.05) is 18.2 Å². The van der Waals surface area contributed by atoms with E-state index in [0.717, 1.165) is 0 Å². The van der Waals surface area contributed by atoms with E-state index in [4.69, 9.17) is 5.11 Å². The number of aliphatic carboxylic acids is 1. The average molecular weight is 354 g/mol. The van der Waals surface area contributed by atoms with Crippen LogP contribution in [0.4, 0.5) is 0 Å². The maximum Gasteiger partial charge on any atom is 2.00 e. The zero-order valence-corrected chi connectivity index (χ0v) is 13.5. The number of hydrogen-bond donors (Lipinski definition) is 2. The van der Waals surface area contributed by atoms with E-state index in [9.17, 15) is 14.3 Å². The Labute approximate surface area is 131 Å². The van der Waals surface area contributed by atoms with Crippen molar-refractivity contribution < 1.29 is 22.2 Å². The van der Waals surface area contributed by atoms with Gasteiger partial charge in [0.2, 0.25) is 7.37 Å². The maximum atomic E-state index is 11.6. The van der Waals surface area contributed by atoms with Crippen molar-refractivity contribution in [3.63, 3.8) is 0 Å². The SMILES string of the molecule is O=C(O)CCP(=O)(O)c1ccccc1.[Ba+2].[H-].[H-]. The molecule has 0 bridgehead atoms. The molecule has 1 atom stereocenters. The summed E-state index contributed by atoms with van der Waals surface area (Å²) in [5.74, 6) is -1.06. The van der Waals surface area contributed by atoms with Crippen LogP contribution in [0.2, 0.25) is 0 Å². The van der Waals surface area contributed by atoms with E-state index in [1.54, 1.807) is 18.2 Å². The molecule has 0 amide bonds. The fourth-order valence-corrected chi connectivity index (χ4v) is 2.43. The molecule has 0 heterocycles. The fourth-order valence-electron chi connectivity index (χ4n) is 1.04. The standard InChI is InChI=1S/C9H11O4P.Ba.2H/c10-9(11)6-7-14(12,13)8-4-2-1-3-5-8;;;/h1-5H,6-7H2,(H,10,11)(H,12,13);;;/q;+2;2*-1. The van der Waals surface area contributed by atoms with Crippen LogP contribution in [-0.2, 0) is 9.36 Å². The molecule has 1 aromatic carbocycles. The molecule has 0 spiro atoms. The van der Waals surface area contributed by atoms with E-state index >= 15 is 0 Å². The minimum absolute atomic E-state index is 0. The van der Waals surface area contributed by atoms with Crippen molar-refractivity contribution in [2.24, 2.45) is 0 Å². The molecule has 0 aromatic heterocycles. The number of rotatable bonds is 4. The van der Waals surface area contributed by atoms with E-state index in [1.165, 1.54) is 12.1 Å². The number of carbonyl (C=O) groups is 1. The Morgan fingerprint density at radius 2 is 1.87 bits per heavy atom. The summed E-state index contributed by atoms with van der Waals surface area (Å²) in [6.45, 7) is 0. The molecule has 0 aliphatic rings. The van der Waals surface area contributed by atoms with Crippen LogP contribution < -0.4 is 5.30 Å². The van der Waals surface area contributed by atoms with E-state index in [2.05, 4.69) is 0 Å². The Kier molecular flexibility index (Phi) is 7.12. The monoisotopic (exact) mass is 354 g/mol. The molecule has 0 aliphatic carbocycles. The molecule has 1 rings (SSSR count). The molecule has 0 aliphatic heterocycles. The van der Waals surface area contributed by atoms with Crippen molar-refractivity contribution in [3.8, 4) is 0 Å². The Morgan fingerprint density at radius 1 is 1.33 bits per heavy atom. The summed E-state index contributed by atoms with van der Waals surface area (Å²) >= 11 is 0. The molecule has 6 heteroatoms. The van der Waals surface area contributed by atoms with Crippen molar-refractivity contribution in [3.05, 3.63) is 30.3 Å². The largest absolute Gasteiger partial charge is 2.00 e. The van der Waals surface area contributed by atoms with Crippen LogP contribution >= 0.6 is 7.37 Å². The molecule has 1 unspecified atom stereocenters. The van der Waals surface area contributed by atoms with Crippen molar-refractivity contribution in [1.82, 2.24) is 0 Å². The van der Waals surface area contributed by atoms with Crippen molar-refractivity contribution >= 4 is 67.5 Å². The summed E-state index contributed by atoms with van der Waals surface area (Å²) in [6.07, 6.45) is -0.505. The molecular weight excluding hydrogens is 340 g/mol. The summed E-state index contributed by atoms with van der Waals surface area (Å²) < 4.78 is 11.6. The van der Waals surface area contributed by atoms with Crippen LogP contribution in [0.5, 0.6) is 0 Å². The van der Waals surface area contributed by atoms with Gasteiger partial charge in [0, 0.05) is 11.5 Å². The van der Waals surface area contributed by atoms with Crippen molar-refractivity contribution in [1.29, 1.82) is 0 Å². The van der Waals surface area contributed by atoms with Gasteiger partial charge >= 0.3 is 54.9 Å². The molecule has 15 heavy (non-hydrogen) atoms. The quantitative estimate of drug-likeness (QED) is 0.623. The summed E-state index contributed by atoms with van der Waals surface area (Å²) in [4.78, 5) is 19.8. The molecular formula is C9H13BaO4P. The first-order chi connectivity index (χ1) is 6.52. The first kappa shape index (κ1) is 15.5. The maximum absolute atomic E-state index is 11.6. The zero-order chi connectivity index (χ0) is 10.6. The van der Waals surface area contributed by atoms with Crippen molar-refractivity contribution in [2.75, 3.05) is 6.16 Å². The molecule has 2 N–H and O–H groups in total. The van der Waals surface area contributed by atoms with Crippen LogP contribution in [0, 0.1) is 0 Å². The van der Waals surface area contributed by atoms with Crippen LogP contribution in [0.3, 0.4) is 0 Å². The van der Waals surface area contributed by atoms with Crippen LogP contribution in [0.25, 0.3) is 0 Å². The second kappa shape index (κ2) is 6.91. The average Bonchev–Trinajstić information content (AvgIpc) is 2.16. The van der Waals surface area contributed by atoms with Crippen molar-refractivity contribution in [2.45, 2.75) is 6.42 Å². The van der Waals surface area contributed by atoms with Gasteiger partial charge < -0.3 is 12.9 Å². The second-order valence-electron chi connectivity index (χ2n) is 2.90. The number of carboxylic acids is 1. The molecule has 80 valence electrons. The smallest absolute Gasteiger partial charge is 1.00 e. The topological polar surface area (TPSA) is 74.6 Å². The fraction of sp³-hybridized carbons (Fsp3) is 0.222. The molecule has 4 nitrogen and oxygen atoms in total. The van der Waals surface area contributed by atoms with Crippen LogP contribution in [0.1, 0.15) is 9.27 Å². The first-order valence-corrected chi connectivity index (χ1v) is 5.96. The molecule has 0 saturated carbocycles. The number of carboxylic acid groups (broad SMARTS) is 1. The second-order valence-corrected chi connectivity index (χ2v) is 5.27.